The smallest absolute Gasteiger partial charge is 0.462 e. The Morgan fingerprint density at radius 3 is 2.64 bits per heavy atom. The van der Waals surface area contributed by atoms with Gasteiger partial charge >= 0.3 is 6.36 Å². The molecule has 0 aliphatic rings. The number of anilines is 1. The zero-order valence-corrected chi connectivity index (χ0v) is 13.4. The molecule has 9 heteroatoms. The summed E-state index contributed by atoms with van der Waals surface area (Å²) in [5.74, 6) is -0.0641. The Bertz CT molecular complexity index is 842. The molecule has 0 saturated carbocycles. The van der Waals surface area contributed by atoms with E-state index in [1.54, 1.807) is 17.5 Å². The second-order valence-electron chi connectivity index (χ2n) is 4.92. The zero-order valence-electron chi connectivity index (χ0n) is 12.5. The molecule has 1 aromatic carbocycles. The van der Waals surface area contributed by atoms with Crippen LogP contribution in [0, 0.1) is 0 Å². The van der Waals surface area contributed by atoms with Gasteiger partial charge in [-0.25, -0.2) is 4.98 Å². The highest BCUT2D eigenvalue weighted by atomic mass is 32.1. The highest BCUT2D eigenvalue weighted by Gasteiger charge is 2.30. The van der Waals surface area contributed by atoms with E-state index in [0.29, 0.717) is 22.1 Å². The van der Waals surface area contributed by atoms with E-state index in [1.807, 2.05) is 0 Å². The molecular formula is C16H11F3N2O3S. The average Bonchev–Trinajstić information content (AvgIpc) is 3.18. The average molecular weight is 368 g/mol. The van der Waals surface area contributed by atoms with Gasteiger partial charge in [-0.3, -0.25) is 4.79 Å². The Balaban J connectivity index is 1.57. The van der Waals surface area contributed by atoms with Crippen molar-refractivity contribution in [2.24, 2.45) is 0 Å². The molecule has 1 N–H and O–H groups in total. The fourth-order valence-corrected chi connectivity index (χ4v) is 2.80. The minimum absolute atomic E-state index is 0.0397. The number of aromatic nitrogens is 1. The second-order valence-corrected chi connectivity index (χ2v) is 5.78. The van der Waals surface area contributed by atoms with Gasteiger partial charge in [0.1, 0.15) is 5.75 Å². The molecule has 0 spiro atoms. The number of carbonyl (C=O) groups is 1. The quantitative estimate of drug-likeness (QED) is 0.721. The lowest BCUT2D eigenvalue weighted by Gasteiger charge is -2.09. The van der Waals surface area contributed by atoms with Crippen molar-refractivity contribution in [3.63, 3.8) is 0 Å². The number of thiazole rings is 1. The van der Waals surface area contributed by atoms with Crippen LogP contribution < -0.4 is 10.1 Å². The summed E-state index contributed by atoms with van der Waals surface area (Å²) in [5.41, 5.74) is 0.937. The normalized spacial score (nSPS) is 11.3. The Morgan fingerprint density at radius 1 is 1.24 bits per heavy atom. The maximum atomic E-state index is 12.1. The van der Waals surface area contributed by atoms with Crippen molar-refractivity contribution in [3.8, 4) is 16.5 Å². The molecule has 3 rings (SSSR count). The molecule has 0 saturated heterocycles. The van der Waals surface area contributed by atoms with Crippen molar-refractivity contribution in [1.82, 2.24) is 4.98 Å². The van der Waals surface area contributed by atoms with Gasteiger partial charge in [-0.1, -0.05) is 0 Å². The van der Waals surface area contributed by atoms with Crippen LogP contribution in [-0.2, 0) is 11.2 Å². The molecule has 0 aliphatic carbocycles. The lowest BCUT2D eigenvalue weighted by atomic mass is 10.2. The molecule has 0 bridgehead atoms. The number of hydrogen-bond acceptors (Lipinski definition) is 5. The molecule has 130 valence electrons. The number of hydrogen-bond donors (Lipinski definition) is 1. The van der Waals surface area contributed by atoms with Gasteiger partial charge in [0.25, 0.3) is 0 Å². The van der Waals surface area contributed by atoms with Crippen LogP contribution in [0.2, 0.25) is 0 Å². The first-order valence-corrected chi connectivity index (χ1v) is 7.91. The molecule has 25 heavy (non-hydrogen) atoms. The number of amides is 1. The number of benzene rings is 1. The Morgan fingerprint density at radius 2 is 2.00 bits per heavy atom. The number of halogens is 3. The molecule has 0 unspecified atom stereocenters. The highest BCUT2D eigenvalue weighted by molar-refractivity contribution is 7.13. The monoisotopic (exact) mass is 368 g/mol. The summed E-state index contributed by atoms with van der Waals surface area (Å²) in [7, 11) is 0. The molecule has 0 fully saturated rings. The minimum atomic E-state index is -4.75. The number of alkyl halides is 3. The molecule has 1 amide bonds. The first kappa shape index (κ1) is 17.0. The highest BCUT2D eigenvalue weighted by Crippen LogP contribution is 2.25. The maximum absolute atomic E-state index is 12.1. The van der Waals surface area contributed by atoms with E-state index in [0.717, 1.165) is 12.1 Å². The van der Waals surface area contributed by atoms with Gasteiger partial charge < -0.3 is 14.5 Å². The molecule has 2 heterocycles. The number of carbonyl (C=O) groups excluding carboxylic acids is 1. The van der Waals surface area contributed by atoms with Crippen molar-refractivity contribution in [1.29, 1.82) is 0 Å². The largest absolute Gasteiger partial charge is 0.573 e. The van der Waals surface area contributed by atoms with Gasteiger partial charge in [0, 0.05) is 11.1 Å². The first-order valence-electron chi connectivity index (χ1n) is 7.03. The SMILES string of the molecule is O=C(Cc1csc(-c2ccco2)n1)Nc1ccc(OC(F)(F)F)cc1. The van der Waals surface area contributed by atoms with E-state index in [9.17, 15) is 18.0 Å². The summed E-state index contributed by atoms with van der Waals surface area (Å²) in [6, 6.07) is 8.42. The van der Waals surface area contributed by atoms with E-state index in [1.165, 1.54) is 29.7 Å². The van der Waals surface area contributed by atoms with Crippen molar-refractivity contribution < 1.29 is 27.1 Å². The number of nitrogens with one attached hydrogen (secondary N) is 1. The van der Waals surface area contributed by atoms with Crippen LogP contribution in [0.3, 0.4) is 0 Å². The van der Waals surface area contributed by atoms with E-state index in [4.69, 9.17) is 4.42 Å². The Labute approximate surface area is 144 Å². The third kappa shape index (κ3) is 4.83. The minimum Gasteiger partial charge on any atom is -0.462 e. The Hall–Kier alpha value is -2.81. The summed E-state index contributed by atoms with van der Waals surface area (Å²) in [6.45, 7) is 0. The van der Waals surface area contributed by atoms with Gasteiger partial charge in [0.15, 0.2) is 10.8 Å². The van der Waals surface area contributed by atoms with E-state index in [-0.39, 0.29) is 18.1 Å². The lowest BCUT2D eigenvalue weighted by Crippen LogP contribution is -2.17. The molecular weight excluding hydrogens is 357 g/mol. The molecule has 3 aromatic rings. The zero-order chi connectivity index (χ0) is 17.9. The van der Waals surface area contributed by atoms with E-state index >= 15 is 0 Å². The number of ether oxygens (including phenoxy) is 1. The summed E-state index contributed by atoms with van der Waals surface area (Å²) >= 11 is 1.35. The van der Waals surface area contributed by atoms with Gasteiger partial charge in [-0.2, -0.15) is 0 Å². The van der Waals surface area contributed by atoms with Crippen LogP contribution >= 0.6 is 11.3 Å². The van der Waals surface area contributed by atoms with E-state index < -0.39 is 6.36 Å². The second kappa shape index (κ2) is 6.98. The number of nitrogens with zero attached hydrogens (tertiary/aromatic N) is 1. The van der Waals surface area contributed by atoms with Crippen LogP contribution in [-0.4, -0.2) is 17.3 Å². The third-order valence-electron chi connectivity index (χ3n) is 3.00. The first-order chi connectivity index (χ1) is 11.9. The summed E-state index contributed by atoms with van der Waals surface area (Å²) < 4.78 is 45.3. The van der Waals surface area contributed by atoms with Crippen LogP contribution in [0.25, 0.3) is 10.8 Å². The number of rotatable bonds is 5. The fraction of sp³-hybridized carbons (Fsp3) is 0.125. The summed E-state index contributed by atoms with van der Waals surface area (Å²) in [4.78, 5) is 16.3. The van der Waals surface area contributed by atoms with Gasteiger partial charge in [-0.15, -0.1) is 24.5 Å². The van der Waals surface area contributed by atoms with Gasteiger partial charge in [-0.05, 0) is 36.4 Å². The molecule has 0 aliphatic heterocycles. The molecule has 0 atom stereocenters. The predicted molar refractivity (Wildman–Crippen MR) is 85.3 cm³/mol. The third-order valence-corrected chi connectivity index (χ3v) is 3.90. The van der Waals surface area contributed by atoms with Crippen molar-refractivity contribution in [2.75, 3.05) is 5.32 Å². The van der Waals surface area contributed by atoms with Gasteiger partial charge in [0.2, 0.25) is 5.91 Å². The molecule has 0 radical (unpaired) electrons. The van der Waals surface area contributed by atoms with Crippen molar-refractivity contribution in [2.45, 2.75) is 12.8 Å². The van der Waals surface area contributed by atoms with Crippen molar-refractivity contribution in [3.05, 3.63) is 53.7 Å². The number of furan rings is 1. The summed E-state index contributed by atoms with van der Waals surface area (Å²) in [5, 5.41) is 5.01. The molecule has 2 aromatic heterocycles. The predicted octanol–water partition coefficient (Wildman–Crippen LogP) is 4.48. The van der Waals surface area contributed by atoms with Crippen LogP contribution in [0.1, 0.15) is 5.69 Å². The summed E-state index contributed by atoms with van der Waals surface area (Å²) in [6.07, 6.45) is -3.17. The van der Waals surface area contributed by atoms with Crippen LogP contribution in [0.5, 0.6) is 5.75 Å². The topological polar surface area (TPSA) is 64.4 Å². The molecule has 5 nitrogen and oxygen atoms in total. The fourth-order valence-electron chi connectivity index (χ4n) is 2.01. The Kier molecular flexibility index (Phi) is 4.75. The standard InChI is InChI=1S/C16H11F3N2O3S/c17-16(18,19)24-12-5-3-10(4-6-12)20-14(22)8-11-9-25-15(21-11)13-2-1-7-23-13/h1-7,9H,8H2,(H,20,22). The van der Waals surface area contributed by atoms with Crippen LogP contribution in [0.4, 0.5) is 18.9 Å². The lowest BCUT2D eigenvalue weighted by molar-refractivity contribution is -0.274. The van der Waals surface area contributed by atoms with Gasteiger partial charge in [0.05, 0.1) is 18.4 Å². The van der Waals surface area contributed by atoms with E-state index in [2.05, 4.69) is 15.0 Å². The van der Waals surface area contributed by atoms with Crippen molar-refractivity contribution >= 4 is 22.9 Å². The van der Waals surface area contributed by atoms with Crippen LogP contribution in [0.15, 0.2) is 52.5 Å². The maximum Gasteiger partial charge on any atom is 0.573 e.